The van der Waals surface area contributed by atoms with E-state index in [1.54, 1.807) is 30.1 Å². The van der Waals surface area contributed by atoms with Crippen molar-refractivity contribution in [1.82, 2.24) is 19.2 Å². The van der Waals surface area contributed by atoms with E-state index in [1.165, 1.54) is 29.9 Å². The molecule has 0 spiro atoms. The average molecular weight is 523 g/mol. The van der Waals surface area contributed by atoms with Crippen LogP contribution in [0.1, 0.15) is 5.56 Å². The number of rotatable bonds is 8. The summed E-state index contributed by atoms with van der Waals surface area (Å²) in [5.41, 5.74) is 5.88. The number of amides is 1. The Morgan fingerprint density at radius 3 is 2.69 bits per heavy atom. The van der Waals surface area contributed by atoms with Gasteiger partial charge in [-0.15, -0.1) is 0 Å². The maximum atomic E-state index is 14.5. The Balaban J connectivity index is 1.70. The van der Waals surface area contributed by atoms with E-state index in [-0.39, 0.29) is 30.3 Å². The fourth-order valence-corrected chi connectivity index (χ4v) is 5.10. The lowest BCUT2D eigenvalue weighted by Crippen LogP contribution is -2.75. The lowest BCUT2D eigenvalue weighted by atomic mass is 9.89. The summed E-state index contributed by atoms with van der Waals surface area (Å²) in [6.07, 6.45) is 2.43. The molecule has 0 bridgehead atoms. The molecule has 0 aliphatic carbocycles. The summed E-state index contributed by atoms with van der Waals surface area (Å²) in [4.78, 5) is 22.6. The van der Waals surface area contributed by atoms with Gasteiger partial charge in [-0.05, 0) is 25.2 Å². The zero-order valence-electron chi connectivity index (χ0n) is 19.2. The first-order valence-electron chi connectivity index (χ1n) is 10.4. The molecule has 0 unspecified atom stereocenters. The third-order valence-corrected chi connectivity index (χ3v) is 7.67. The van der Waals surface area contributed by atoms with E-state index in [2.05, 4.69) is 15.3 Å². The number of hydrogen-bond acceptors (Lipinski definition) is 8. The van der Waals surface area contributed by atoms with Crippen molar-refractivity contribution in [3.05, 3.63) is 53.1 Å². The summed E-state index contributed by atoms with van der Waals surface area (Å²) in [7, 11) is -0.256. The maximum Gasteiger partial charge on any atom is 0.240 e. The number of ether oxygens (including phenoxy) is 1. The molecule has 13 heteroatoms. The van der Waals surface area contributed by atoms with E-state index < -0.39 is 27.3 Å². The Bertz CT molecular complexity index is 1410. The van der Waals surface area contributed by atoms with Gasteiger partial charge in [-0.2, -0.15) is 4.31 Å². The molecule has 3 N–H and O–H groups in total. The lowest BCUT2D eigenvalue weighted by Gasteiger charge is -2.51. The normalized spacial score (nSPS) is 15.7. The molecule has 2 heterocycles. The van der Waals surface area contributed by atoms with Gasteiger partial charge in [-0.3, -0.25) is 9.69 Å². The number of fused-ring (bicyclic) bond motifs is 1. The number of nitrogens with zero attached hydrogens (tertiary/aromatic N) is 4. The molecule has 35 heavy (non-hydrogen) atoms. The Morgan fingerprint density at radius 1 is 1.34 bits per heavy atom. The van der Waals surface area contributed by atoms with Crippen LogP contribution in [-0.4, -0.2) is 72.5 Å². The predicted octanol–water partition coefficient (Wildman–Crippen LogP) is 2.11. The van der Waals surface area contributed by atoms with Crippen LogP contribution in [0.3, 0.4) is 0 Å². The first kappa shape index (κ1) is 25.0. The lowest BCUT2D eigenvalue weighted by molar-refractivity contribution is -0.137. The fraction of sp³-hybridized carbons (Fsp3) is 0.318. The molecule has 2 aromatic carbocycles. The second-order valence-corrected chi connectivity index (χ2v) is 10.8. The van der Waals surface area contributed by atoms with Crippen LogP contribution in [0.25, 0.3) is 10.9 Å². The number of carbonyl (C=O) groups is 1. The summed E-state index contributed by atoms with van der Waals surface area (Å²) in [6, 6.07) is 8.08. The predicted molar refractivity (Wildman–Crippen MR) is 131 cm³/mol. The van der Waals surface area contributed by atoms with Crippen molar-refractivity contribution in [2.24, 2.45) is 5.73 Å². The van der Waals surface area contributed by atoms with Gasteiger partial charge in [0, 0.05) is 36.7 Å². The first-order valence-corrected chi connectivity index (χ1v) is 12.7. The van der Waals surface area contributed by atoms with Crippen LogP contribution < -0.4 is 15.8 Å². The molecule has 0 saturated carbocycles. The molecule has 1 amide bonds. The summed E-state index contributed by atoms with van der Waals surface area (Å²) in [5.74, 6) is -0.388. The second-order valence-electron chi connectivity index (χ2n) is 8.41. The van der Waals surface area contributed by atoms with Gasteiger partial charge in [-0.25, -0.2) is 22.8 Å². The molecule has 1 saturated heterocycles. The van der Waals surface area contributed by atoms with E-state index in [0.717, 1.165) is 6.26 Å². The Hall–Kier alpha value is -3.06. The van der Waals surface area contributed by atoms with Gasteiger partial charge in [0.25, 0.3) is 0 Å². The number of benzene rings is 2. The highest BCUT2D eigenvalue weighted by Crippen LogP contribution is 2.35. The van der Waals surface area contributed by atoms with Crippen molar-refractivity contribution in [2.75, 3.05) is 38.8 Å². The number of sulfonamides is 1. The van der Waals surface area contributed by atoms with Crippen molar-refractivity contribution in [2.45, 2.75) is 12.1 Å². The van der Waals surface area contributed by atoms with Crippen LogP contribution in [0.5, 0.6) is 5.75 Å². The molecule has 1 fully saturated rings. The molecule has 186 valence electrons. The molecule has 1 aliphatic rings. The van der Waals surface area contributed by atoms with Gasteiger partial charge in [0.15, 0.2) is 5.82 Å². The highest BCUT2D eigenvalue weighted by atomic mass is 35.5. The molecule has 1 aliphatic heterocycles. The molecule has 1 aromatic heterocycles. The molecular weight excluding hydrogens is 499 g/mol. The number of halogens is 2. The Kier molecular flexibility index (Phi) is 6.58. The molecule has 4 rings (SSSR count). The van der Waals surface area contributed by atoms with Crippen LogP contribution in [-0.2, 0) is 21.4 Å². The van der Waals surface area contributed by atoms with Gasteiger partial charge in [0.05, 0.1) is 29.6 Å². The van der Waals surface area contributed by atoms with Gasteiger partial charge < -0.3 is 15.8 Å². The second kappa shape index (κ2) is 9.19. The van der Waals surface area contributed by atoms with Gasteiger partial charge >= 0.3 is 0 Å². The van der Waals surface area contributed by atoms with Crippen LogP contribution in [0, 0.1) is 5.82 Å². The van der Waals surface area contributed by atoms with Crippen LogP contribution >= 0.6 is 11.6 Å². The van der Waals surface area contributed by atoms with Crippen LogP contribution in [0.2, 0.25) is 5.02 Å². The minimum absolute atomic E-state index is 0.0299. The number of primary amides is 1. The maximum absolute atomic E-state index is 14.5. The number of likely N-dealkylation sites (N-methyl/N-ethyl adjacent to an activating group) is 1. The fourth-order valence-electron chi connectivity index (χ4n) is 4.03. The van der Waals surface area contributed by atoms with Crippen LogP contribution in [0.15, 0.2) is 36.7 Å². The third kappa shape index (κ3) is 4.61. The van der Waals surface area contributed by atoms with Crippen molar-refractivity contribution in [3.8, 4) is 5.75 Å². The average Bonchev–Trinajstić information content (AvgIpc) is 2.75. The van der Waals surface area contributed by atoms with E-state index in [9.17, 15) is 17.6 Å². The monoisotopic (exact) mass is 522 g/mol. The number of hydrogen-bond donors (Lipinski definition) is 2. The molecule has 10 nitrogen and oxygen atoms in total. The van der Waals surface area contributed by atoms with Gasteiger partial charge in [0.1, 0.15) is 23.4 Å². The summed E-state index contributed by atoms with van der Waals surface area (Å²) in [6.45, 7) is 0.120. The number of nitrogens with two attached hydrogens (primary N) is 1. The van der Waals surface area contributed by atoms with E-state index in [1.807, 2.05) is 0 Å². The van der Waals surface area contributed by atoms with E-state index in [0.29, 0.717) is 28.0 Å². The van der Waals surface area contributed by atoms with Gasteiger partial charge in [-0.1, -0.05) is 17.7 Å². The number of nitrogens with one attached hydrogen (secondary N) is 1. The van der Waals surface area contributed by atoms with Crippen molar-refractivity contribution in [3.63, 3.8) is 0 Å². The third-order valence-electron chi connectivity index (χ3n) is 6.18. The SMILES string of the molecule is COc1cc2ncnc(Nc3cccc(Cl)c3F)c2cc1CN(C)C1(C(N)=O)CN(S(C)(=O)=O)C1. The van der Waals surface area contributed by atoms with E-state index >= 15 is 0 Å². The van der Waals surface area contributed by atoms with Crippen LogP contribution in [0.4, 0.5) is 15.9 Å². The zero-order valence-corrected chi connectivity index (χ0v) is 20.8. The molecule has 0 radical (unpaired) electrons. The minimum Gasteiger partial charge on any atom is -0.496 e. The zero-order chi connectivity index (χ0) is 25.5. The Morgan fingerprint density at radius 2 is 2.06 bits per heavy atom. The number of anilines is 2. The first-order chi connectivity index (χ1) is 16.5. The summed E-state index contributed by atoms with van der Waals surface area (Å²) < 4.78 is 44.9. The van der Waals surface area contributed by atoms with Crippen molar-refractivity contribution < 1.29 is 22.3 Å². The molecule has 0 atom stereocenters. The number of carbonyl (C=O) groups excluding carboxylic acids is 1. The van der Waals surface area contributed by atoms with Crippen molar-refractivity contribution >= 4 is 49.9 Å². The summed E-state index contributed by atoms with van der Waals surface area (Å²) >= 11 is 5.90. The topological polar surface area (TPSA) is 131 Å². The van der Waals surface area contributed by atoms with Crippen molar-refractivity contribution in [1.29, 1.82) is 0 Å². The molecule has 3 aromatic rings. The molecular formula is C22H24ClFN6O4S. The largest absolute Gasteiger partial charge is 0.496 e. The standard InChI is InChI=1S/C22H24ClFN6O4S/c1-29(22(21(25)31)10-30(11-22)35(3,32)33)9-13-7-14-17(8-18(13)34-2)26-12-27-20(14)28-16-6-4-5-15(23)19(16)24/h4-8,12H,9-11H2,1-3H3,(H2,25,31)(H,26,27,28). The highest BCUT2D eigenvalue weighted by Gasteiger charge is 2.54. The quantitative estimate of drug-likeness (QED) is 0.460. The van der Waals surface area contributed by atoms with E-state index in [4.69, 9.17) is 22.1 Å². The number of aromatic nitrogens is 2. The summed E-state index contributed by atoms with van der Waals surface area (Å²) in [5, 5.41) is 3.50. The Labute approximate surface area is 206 Å². The number of methoxy groups -OCH3 is 1. The minimum atomic E-state index is -3.45. The highest BCUT2D eigenvalue weighted by molar-refractivity contribution is 7.88. The van der Waals surface area contributed by atoms with Gasteiger partial charge in [0.2, 0.25) is 15.9 Å². The smallest absolute Gasteiger partial charge is 0.240 e.